The van der Waals surface area contributed by atoms with E-state index in [1.807, 2.05) is 19.2 Å². The van der Waals surface area contributed by atoms with E-state index >= 15 is 0 Å². The van der Waals surface area contributed by atoms with Crippen molar-refractivity contribution in [1.82, 2.24) is 19.7 Å². The van der Waals surface area contributed by atoms with Gasteiger partial charge in [-0.3, -0.25) is 4.68 Å². The van der Waals surface area contributed by atoms with Crippen LogP contribution in [0.1, 0.15) is 5.82 Å². The second-order valence-corrected chi connectivity index (χ2v) is 4.29. The normalized spacial score (nSPS) is 10.4. The van der Waals surface area contributed by atoms with Gasteiger partial charge >= 0.3 is 0 Å². The Morgan fingerprint density at radius 1 is 1.38 bits per heavy atom. The second-order valence-electron chi connectivity index (χ2n) is 3.37. The van der Waals surface area contributed by atoms with E-state index in [1.54, 1.807) is 17.2 Å². The molecule has 0 aromatic carbocycles. The molecule has 0 spiro atoms. The van der Waals surface area contributed by atoms with Crippen LogP contribution in [0.15, 0.2) is 29.1 Å². The molecule has 2 aromatic heterocycles. The number of aromatic nitrogens is 4. The van der Waals surface area contributed by atoms with Crippen molar-refractivity contribution in [3.8, 4) is 0 Å². The Morgan fingerprint density at radius 2 is 2.25 bits per heavy atom. The van der Waals surface area contributed by atoms with Crippen LogP contribution in [-0.4, -0.2) is 26.3 Å². The Morgan fingerprint density at radius 3 is 2.88 bits per heavy atom. The predicted octanol–water partition coefficient (Wildman–Crippen LogP) is 1.63. The maximum Gasteiger partial charge on any atom is 0.152 e. The summed E-state index contributed by atoms with van der Waals surface area (Å²) in [6, 6.07) is 3.88. The highest BCUT2D eigenvalue weighted by molar-refractivity contribution is 9.10. The van der Waals surface area contributed by atoms with Crippen LogP contribution in [0.2, 0.25) is 0 Å². The molecule has 0 radical (unpaired) electrons. The lowest BCUT2D eigenvalue weighted by Crippen LogP contribution is -2.07. The standard InChI is InChI=1S/C10H12BrN5/c1-16-7-14-10(15-16)4-5-12-9-3-2-8(11)6-13-9/h2-3,6-7H,4-5H2,1H3,(H,12,13). The third kappa shape index (κ3) is 3.03. The zero-order valence-electron chi connectivity index (χ0n) is 8.89. The van der Waals surface area contributed by atoms with E-state index in [0.29, 0.717) is 0 Å². The molecule has 1 N–H and O–H groups in total. The topological polar surface area (TPSA) is 55.6 Å². The minimum atomic E-state index is 0.776. The van der Waals surface area contributed by atoms with E-state index in [4.69, 9.17) is 0 Å². The number of aryl methyl sites for hydroxylation is 1. The van der Waals surface area contributed by atoms with Gasteiger partial charge in [-0.25, -0.2) is 9.97 Å². The SMILES string of the molecule is Cn1cnc(CCNc2ccc(Br)cn2)n1. The number of rotatable bonds is 4. The van der Waals surface area contributed by atoms with Crippen LogP contribution in [0.4, 0.5) is 5.82 Å². The van der Waals surface area contributed by atoms with Gasteiger partial charge in [0.25, 0.3) is 0 Å². The van der Waals surface area contributed by atoms with E-state index < -0.39 is 0 Å². The zero-order chi connectivity index (χ0) is 11.4. The minimum Gasteiger partial charge on any atom is -0.370 e. The van der Waals surface area contributed by atoms with E-state index in [0.717, 1.165) is 29.1 Å². The summed E-state index contributed by atoms with van der Waals surface area (Å²) in [4.78, 5) is 8.36. The number of hydrogen-bond donors (Lipinski definition) is 1. The summed E-state index contributed by atoms with van der Waals surface area (Å²) in [5.41, 5.74) is 0. The fourth-order valence-corrected chi connectivity index (χ4v) is 1.52. The summed E-state index contributed by atoms with van der Waals surface area (Å²) in [6.07, 6.45) is 4.26. The lowest BCUT2D eigenvalue weighted by molar-refractivity contribution is 0.742. The lowest BCUT2D eigenvalue weighted by atomic mass is 10.4. The maximum absolute atomic E-state index is 4.21. The highest BCUT2D eigenvalue weighted by Crippen LogP contribution is 2.10. The Labute approximate surface area is 102 Å². The molecule has 0 saturated heterocycles. The van der Waals surface area contributed by atoms with Crippen molar-refractivity contribution in [3.05, 3.63) is 35.0 Å². The number of anilines is 1. The van der Waals surface area contributed by atoms with Gasteiger partial charge in [0.05, 0.1) is 0 Å². The van der Waals surface area contributed by atoms with Gasteiger partial charge in [0.15, 0.2) is 5.82 Å². The molecule has 2 rings (SSSR count). The fourth-order valence-electron chi connectivity index (χ4n) is 1.28. The molecule has 0 saturated carbocycles. The predicted molar refractivity (Wildman–Crippen MR) is 65.1 cm³/mol. The van der Waals surface area contributed by atoms with Crippen molar-refractivity contribution >= 4 is 21.7 Å². The zero-order valence-corrected chi connectivity index (χ0v) is 10.5. The van der Waals surface area contributed by atoms with Gasteiger partial charge in [-0.05, 0) is 28.1 Å². The average Bonchev–Trinajstić information content (AvgIpc) is 2.67. The highest BCUT2D eigenvalue weighted by atomic mass is 79.9. The smallest absolute Gasteiger partial charge is 0.152 e. The van der Waals surface area contributed by atoms with Crippen LogP contribution in [0, 0.1) is 0 Å². The van der Waals surface area contributed by atoms with Crippen LogP contribution < -0.4 is 5.32 Å². The van der Waals surface area contributed by atoms with Crippen LogP contribution >= 0.6 is 15.9 Å². The van der Waals surface area contributed by atoms with Gasteiger partial charge in [-0.2, -0.15) is 5.10 Å². The first kappa shape index (κ1) is 11.1. The molecular weight excluding hydrogens is 270 g/mol. The molecule has 84 valence electrons. The Balaban J connectivity index is 1.82. The Bertz CT molecular complexity index is 450. The number of nitrogens with zero attached hydrogens (tertiary/aromatic N) is 4. The first-order valence-electron chi connectivity index (χ1n) is 4.94. The molecule has 0 bridgehead atoms. The second kappa shape index (κ2) is 5.07. The average molecular weight is 282 g/mol. The van der Waals surface area contributed by atoms with Gasteiger partial charge < -0.3 is 5.32 Å². The van der Waals surface area contributed by atoms with Crippen LogP contribution in [0.5, 0.6) is 0 Å². The fraction of sp³-hybridized carbons (Fsp3) is 0.300. The van der Waals surface area contributed by atoms with E-state index in [1.165, 1.54) is 0 Å². The lowest BCUT2D eigenvalue weighted by Gasteiger charge is -2.03. The molecule has 2 heterocycles. The molecule has 0 aliphatic heterocycles. The van der Waals surface area contributed by atoms with Crippen molar-refractivity contribution in [1.29, 1.82) is 0 Å². The van der Waals surface area contributed by atoms with Crippen molar-refractivity contribution in [2.45, 2.75) is 6.42 Å². The van der Waals surface area contributed by atoms with Crippen molar-refractivity contribution in [3.63, 3.8) is 0 Å². The third-order valence-electron chi connectivity index (χ3n) is 2.03. The van der Waals surface area contributed by atoms with E-state index in [2.05, 4.69) is 36.3 Å². The van der Waals surface area contributed by atoms with Gasteiger partial charge in [0.2, 0.25) is 0 Å². The summed E-state index contributed by atoms with van der Waals surface area (Å²) in [6.45, 7) is 0.776. The molecule has 0 aliphatic rings. The highest BCUT2D eigenvalue weighted by Gasteiger charge is 1.98. The number of pyridine rings is 1. The molecule has 0 unspecified atom stereocenters. The van der Waals surface area contributed by atoms with E-state index in [-0.39, 0.29) is 0 Å². The molecule has 5 nitrogen and oxygen atoms in total. The summed E-state index contributed by atoms with van der Waals surface area (Å²) in [5.74, 6) is 1.70. The van der Waals surface area contributed by atoms with Crippen molar-refractivity contribution < 1.29 is 0 Å². The van der Waals surface area contributed by atoms with Crippen LogP contribution in [0.25, 0.3) is 0 Å². The number of nitrogens with one attached hydrogen (secondary N) is 1. The maximum atomic E-state index is 4.21. The van der Waals surface area contributed by atoms with Crippen LogP contribution in [0.3, 0.4) is 0 Å². The van der Waals surface area contributed by atoms with Gasteiger partial charge in [0, 0.05) is 30.7 Å². The van der Waals surface area contributed by atoms with Crippen LogP contribution in [-0.2, 0) is 13.5 Å². The number of hydrogen-bond acceptors (Lipinski definition) is 4. The molecule has 2 aromatic rings. The monoisotopic (exact) mass is 281 g/mol. The molecule has 6 heteroatoms. The minimum absolute atomic E-state index is 0.776. The molecular formula is C10H12BrN5. The first-order chi connectivity index (χ1) is 7.74. The van der Waals surface area contributed by atoms with Gasteiger partial charge in [-0.1, -0.05) is 0 Å². The molecule has 0 atom stereocenters. The summed E-state index contributed by atoms with van der Waals surface area (Å²) in [7, 11) is 1.86. The van der Waals surface area contributed by atoms with Gasteiger partial charge in [-0.15, -0.1) is 0 Å². The largest absolute Gasteiger partial charge is 0.370 e. The molecule has 0 amide bonds. The molecule has 0 aliphatic carbocycles. The number of halogens is 1. The summed E-state index contributed by atoms with van der Waals surface area (Å²) < 4.78 is 2.68. The third-order valence-corrected chi connectivity index (χ3v) is 2.50. The van der Waals surface area contributed by atoms with Crippen molar-refractivity contribution in [2.75, 3.05) is 11.9 Å². The summed E-state index contributed by atoms with van der Waals surface area (Å²) in [5, 5.41) is 7.40. The van der Waals surface area contributed by atoms with Crippen molar-refractivity contribution in [2.24, 2.45) is 7.05 Å². The first-order valence-corrected chi connectivity index (χ1v) is 5.73. The Kier molecular flexibility index (Phi) is 3.51. The molecule has 0 fully saturated rings. The van der Waals surface area contributed by atoms with E-state index in [9.17, 15) is 0 Å². The Hall–Kier alpha value is -1.43. The van der Waals surface area contributed by atoms with Gasteiger partial charge in [0.1, 0.15) is 12.1 Å². The summed E-state index contributed by atoms with van der Waals surface area (Å²) >= 11 is 3.34. The quantitative estimate of drug-likeness (QED) is 0.926. The molecule has 16 heavy (non-hydrogen) atoms.